The Morgan fingerprint density at radius 2 is 1.41 bits per heavy atom. The van der Waals surface area contributed by atoms with E-state index < -0.39 is 0 Å². The number of para-hydroxylation sites is 1. The second-order valence-electron chi connectivity index (χ2n) is 11.5. The molecule has 3 heteroatoms. The molecule has 0 bridgehead atoms. The molecule has 1 saturated carbocycles. The predicted molar refractivity (Wildman–Crippen MR) is 149 cm³/mol. The van der Waals surface area contributed by atoms with E-state index in [-0.39, 0.29) is 10.8 Å². The van der Waals surface area contributed by atoms with E-state index in [2.05, 4.69) is 116 Å². The van der Waals surface area contributed by atoms with Gasteiger partial charge in [0.15, 0.2) is 6.73 Å². The molecule has 0 spiro atoms. The fourth-order valence-corrected chi connectivity index (χ4v) is 6.42. The zero-order chi connectivity index (χ0) is 25.0. The summed E-state index contributed by atoms with van der Waals surface area (Å²) in [5, 5.41) is 0. The molecule has 2 unspecified atom stereocenters. The first kappa shape index (κ1) is 22.5. The summed E-state index contributed by atoms with van der Waals surface area (Å²) in [7, 11) is 0. The zero-order valence-corrected chi connectivity index (χ0v) is 21.6. The summed E-state index contributed by atoms with van der Waals surface area (Å²) in [6.07, 6.45) is 2.26. The number of anilines is 1. The molecule has 3 nitrogen and oxygen atoms in total. The van der Waals surface area contributed by atoms with Crippen molar-refractivity contribution in [2.24, 2.45) is 5.92 Å². The van der Waals surface area contributed by atoms with Crippen LogP contribution < -0.4 is 14.4 Å². The second kappa shape index (κ2) is 8.41. The van der Waals surface area contributed by atoms with Gasteiger partial charge in [0.05, 0.1) is 6.61 Å². The first-order chi connectivity index (χ1) is 18.0. The van der Waals surface area contributed by atoms with Crippen LogP contribution in [0.2, 0.25) is 0 Å². The van der Waals surface area contributed by atoms with E-state index in [1.165, 1.54) is 39.9 Å². The van der Waals surface area contributed by atoms with E-state index >= 15 is 0 Å². The third-order valence-corrected chi connectivity index (χ3v) is 8.95. The Kier molecular flexibility index (Phi) is 5.11. The summed E-state index contributed by atoms with van der Waals surface area (Å²) >= 11 is 0. The number of fused-ring (bicyclic) bond motifs is 3. The van der Waals surface area contributed by atoms with Gasteiger partial charge in [-0.25, -0.2) is 0 Å². The first-order valence-corrected chi connectivity index (χ1v) is 13.4. The van der Waals surface area contributed by atoms with E-state index in [0.29, 0.717) is 12.6 Å². The van der Waals surface area contributed by atoms with Crippen LogP contribution in [0.5, 0.6) is 11.5 Å². The fraction of sp³-hybridized carbons (Fsp3) is 0.294. The van der Waals surface area contributed by atoms with Crippen molar-refractivity contribution in [3.63, 3.8) is 0 Å². The molecular weight excluding hydrogens is 454 g/mol. The summed E-state index contributed by atoms with van der Waals surface area (Å²) in [5.41, 5.74) is 7.94. The normalized spacial score (nSPS) is 22.0. The standard InChI is InChI=1S/C34H33NO2/c1-33(2,28-14-16-32-25(18-28)21-35(23-37-32)30-11-7-4-8-12-30)27-13-15-31-24(17-27)19-34(20-29(34)22-36-31)26-9-5-3-6-10-26/h3-18,29H,19-23H2,1-2H3. The lowest BCUT2D eigenvalue weighted by Gasteiger charge is -2.33. The Morgan fingerprint density at radius 3 is 2.14 bits per heavy atom. The van der Waals surface area contributed by atoms with Crippen LogP contribution in [0, 0.1) is 5.92 Å². The molecule has 2 heterocycles. The monoisotopic (exact) mass is 487 g/mol. The lowest BCUT2D eigenvalue weighted by atomic mass is 9.76. The minimum absolute atomic E-state index is 0.145. The second-order valence-corrected chi connectivity index (χ2v) is 11.5. The molecule has 0 aromatic heterocycles. The van der Waals surface area contributed by atoms with Crippen LogP contribution in [0.4, 0.5) is 5.69 Å². The molecule has 0 amide bonds. The number of nitrogens with zero attached hydrogens (tertiary/aromatic N) is 1. The Morgan fingerprint density at radius 1 is 0.757 bits per heavy atom. The van der Waals surface area contributed by atoms with Gasteiger partial charge >= 0.3 is 0 Å². The summed E-state index contributed by atoms with van der Waals surface area (Å²) in [6.45, 7) is 6.91. The third-order valence-electron chi connectivity index (χ3n) is 8.95. The molecule has 1 fully saturated rings. The lowest BCUT2D eigenvalue weighted by Crippen LogP contribution is -2.32. The average Bonchev–Trinajstić information content (AvgIpc) is 3.68. The van der Waals surface area contributed by atoms with Crippen molar-refractivity contribution in [2.45, 2.75) is 44.1 Å². The van der Waals surface area contributed by atoms with Gasteiger partial charge in [-0.1, -0.05) is 80.6 Å². The largest absolute Gasteiger partial charge is 0.493 e. The SMILES string of the molecule is CC(C)(c1ccc2c(c1)CN(c1ccccc1)CO2)c1ccc2c(c1)CC1(c3ccccc3)CC1CO2. The van der Waals surface area contributed by atoms with Gasteiger partial charge in [0.25, 0.3) is 0 Å². The van der Waals surface area contributed by atoms with Gasteiger partial charge in [-0.2, -0.15) is 0 Å². The summed E-state index contributed by atoms with van der Waals surface area (Å²) in [5.74, 6) is 2.65. The maximum Gasteiger partial charge on any atom is 0.161 e. The number of benzene rings is 4. The van der Waals surface area contributed by atoms with E-state index in [9.17, 15) is 0 Å². The van der Waals surface area contributed by atoms with Gasteiger partial charge in [-0.05, 0) is 65.4 Å². The predicted octanol–water partition coefficient (Wildman–Crippen LogP) is 7.26. The van der Waals surface area contributed by atoms with Crippen molar-refractivity contribution in [1.29, 1.82) is 0 Å². The Hall–Kier alpha value is -3.72. The van der Waals surface area contributed by atoms with E-state index in [1.807, 2.05) is 0 Å². The van der Waals surface area contributed by atoms with Crippen LogP contribution in [0.1, 0.15) is 48.1 Å². The van der Waals surface area contributed by atoms with Crippen LogP contribution in [0.25, 0.3) is 0 Å². The Bertz CT molecular complexity index is 1450. The number of hydrogen-bond donors (Lipinski definition) is 0. The third kappa shape index (κ3) is 3.80. The van der Waals surface area contributed by atoms with E-state index in [0.717, 1.165) is 31.1 Å². The van der Waals surface area contributed by atoms with E-state index in [4.69, 9.17) is 9.47 Å². The fourth-order valence-electron chi connectivity index (χ4n) is 6.42. The quantitative estimate of drug-likeness (QED) is 0.302. The molecule has 2 aliphatic heterocycles. The maximum atomic E-state index is 6.33. The zero-order valence-electron chi connectivity index (χ0n) is 21.6. The highest BCUT2D eigenvalue weighted by atomic mass is 16.5. The topological polar surface area (TPSA) is 21.7 Å². The molecular formula is C34H33NO2. The number of hydrogen-bond acceptors (Lipinski definition) is 3. The maximum absolute atomic E-state index is 6.33. The summed E-state index contributed by atoms with van der Waals surface area (Å²) < 4.78 is 12.5. The van der Waals surface area contributed by atoms with Gasteiger partial charge in [0.2, 0.25) is 0 Å². The lowest BCUT2D eigenvalue weighted by molar-refractivity contribution is 0.289. The molecule has 2 atom stereocenters. The highest BCUT2D eigenvalue weighted by molar-refractivity contribution is 5.53. The van der Waals surface area contributed by atoms with Gasteiger partial charge < -0.3 is 14.4 Å². The van der Waals surface area contributed by atoms with Crippen LogP contribution in [-0.2, 0) is 23.8 Å². The van der Waals surface area contributed by atoms with Crippen molar-refractivity contribution in [3.8, 4) is 11.5 Å². The summed E-state index contributed by atoms with van der Waals surface area (Å²) in [4.78, 5) is 2.29. The minimum Gasteiger partial charge on any atom is -0.493 e. The molecule has 1 aliphatic carbocycles. The molecule has 0 saturated heterocycles. The Labute approximate surface area is 219 Å². The summed E-state index contributed by atoms with van der Waals surface area (Å²) in [6, 6.07) is 35.2. The molecule has 4 aromatic carbocycles. The van der Waals surface area contributed by atoms with Crippen LogP contribution in [0.3, 0.4) is 0 Å². The molecule has 3 aliphatic rings. The first-order valence-electron chi connectivity index (χ1n) is 13.4. The van der Waals surface area contributed by atoms with Crippen LogP contribution in [0.15, 0.2) is 97.1 Å². The van der Waals surface area contributed by atoms with Crippen molar-refractivity contribution in [1.82, 2.24) is 0 Å². The van der Waals surface area contributed by atoms with Crippen molar-refractivity contribution >= 4 is 5.69 Å². The molecule has 0 N–H and O–H groups in total. The van der Waals surface area contributed by atoms with E-state index in [1.54, 1.807) is 0 Å². The molecule has 4 aromatic rings. The van der Waals surface area contributed by atoms with Gasteiger partial charge in [-0.15, -0.1) is 0 Å². The van der Waals surface area contributed by atoms with Gasteiger partial charge in [-0.3, -0.25) is 0 Å². The van der Waals surface area contributed by atoms with Crippen LogP contribution in [-0.4, -0.2) is 13.3 Å². The average molecular weight is 488 g/mol. The molecule has 0 radical (unpaired) electrons. The van der Waals surface area contributed by atoms with Crippen molar-refractivity contribution in [2.75, 3.05) is 18.2 Å². The Balaban J connectivity index is 1.20. The van der Waals surface area contributed by atoms with Gasteiger partial charge in [0.1, 0.15) is 11.5 Å². The number of ether oxygens (including phenoxy) is 2. The molecule has 186 valence electrons. The minimum atomic E-state index is -0.145. The highest BCUT2D eigenvalue weighted by Gasteiger charge is 2.56. The van der Waals surface area contributed by atoms with Crippen LogP contribution >= 0.6 is 0 Å². The van der Waals surface area contributed by atoms with Gasteiger partial charge in [0, 0.05) is 34.5 Å². The molecule has 37 heavy (non-hydrogen) atoms. The number of rotatable bonds is 4. The van der Waals surface area contributed by atoms with Crippen molar-refractivity contribution in [3.05, 3.63) is 125 Å². The molecule has 7 rings (SSSR count). The highest BCUT2D eigenvalue weighted by Crippen LogP contribution is 2.58. The smallest absolute Gasteiger partial charge is 0.161 e. The van der Waals surface area contributed by atoms with Crippen molar-refractivity contribution < 1.29 is 9.47 Å².